The van der Waals surface area contributed by atoms with Crippen molar-refractivity contribution in [2.24, 2.45) is 5.92 Å². The van der Waals surface area contributed by atoms with Crippen LogP contribution < -0.4 is 10.1 Å². The van der Waals surface area contributed by atoms with E-state index in [9.17, 15) is 9.59 Å². The second-order valence-electron chi connectivity index (χ2n) is 6.28. The van der Waals surface area contributed by atoms with Crippen molar-refractivity contribution in [2.75, 3.05) is 11.9 Å². The van der Waals surface area contributed by atoms with Crippen molar-refractivity contribution in [3.8, 4) is 5.75 Å². The minimum Gasteiger partial charge on any atom is -0.493 e. The highest BCUT2D eigenvalue weighted by atomic mass is 35.5. The number of hydrogen-bond acceptors (Lipinski definition) is 4. The third-order valence-electron chi connectivity index (χ3n) is 3.42. The smallest absolute Gasteiger partial charge is 0.338 e. The normalized spacial score (nSPS) is 11.7. The number of benzene rings is 2. The minimum absolute atomic E-state index is 0.351. The highest BCUT2D eigenvalue weighted by Crippen LogP contribution is 2.17. The molecule has 0 aliphatic heterocycles. The molecular formula is C20H22ClNO4. The van der Waals surface area contributed by atoms with Gasteiger partial charge in [-0.3, -0.25) is 4.79 Å². The number of amides is 1. The molecule has 0 bridgehead atoms. The van der Waals surface area contributed by atoms with E-state index in [2.05, 4.69) is 19.2 Å². The van der Waals surface area contributed by atoms with Crippen LogP contribution in [0.3, 0.4) is 0 Å². The number of anilines is 1. The summed E-state index contributed by atoms with van der Waals surface area (Å²) in [5.74, 6) is 0.0900. The number of ether oxygens (including phenoxy) is 2. The Bertz CT molecular complexity index is 759. The van der Waals surface area contributed by atoms with E-state index in [1.807, 2.05) is 0 Å². The Balaban J connectivity index is 1.90. The van der Waals surface area contributed by atoms with E-state index >= 15 is 0 Å². The van der Waals surface area contributed by atoms with E-state index in [0.29, 0.717) is 34.5 Å². The van der Waals surface area contributed by atoms with Gasteiger partial charge in [-0.1, -0.05) is 31.5 Å². The van der Waals surface area contributed by atoms with Crippen LogP contribution in [-0.2, 0) is 9.53 Å². The van der Waals surface area contributed by atoms with Gasteiger partial charge in [0.2, 0.25) is 0 Å². The zero-order chi connectivity index (χ0) is 19.1. The van der Waals surface area contributed by atoms with Crippen molar-refractivity contribution in [2.45, 2.75) is 26.9 Å². The molecule has 6 heteroatoms. The number of rotatable bonds is 7. The molecule has 26 heavy (non-hydrogen) atoms. The van der Waals surface area contributed by atoms with Gasteiger partial charge in [0, 0.05) is 10.7 Å². The molecule has 138 valence electrons. The molecule has 0 radical (unpaired) electrons. The van der Waals surface area contributed by atoms with E-state index < -0.39 is 18.0 Å². The van der Waals surface area contributed by atoms with Crippen molar-refractivity contribution in [3.05, 3.63) is 59.1 Å². The van der Waals surface area contributed by atoms with Crippen LogP contribution >= 0.6 is 11.6 Å². The van der Waals surface area contributed by atoms with E-state index in [1.165, 1.54) is 6.92 Å². The molecule has 0 spiro atoms. The van der Waals surface area contributed by atoms with E-state index in [1.54, 1.807) is 48.5 Å². The average molecular weight is 376 g/mol. The van der Waals surface area contributed by atoms with Crippen LogP contribution in [0.5, 0.6) is 5.75 Å². The zero-order valence-corrected chi connectivity index (χ0v) is 15.7. The molecule has 2 rings (SSSR count). The fourth-order valence-electron chi connectivity index (χ4n) is 2.04. The van der Waals surface area contributed by atoms with Crippen LogP contribution in [0.4, 0.5) is 5.69 Å². The molecule has 2 aromatic rings. The number of nitrogens with one attached hydrogen (secondary N) is 1. The first-order chi connectivity index (χ1) is 12.3. The van der Waals surface area contributed by atoms with Crippen molar-refractivity contribution in [1.82, 2.24) is 0 Å². The lowest BCUT2D eigenvalue weighted by Crippen LogP contribution is -2.30. The second kappa shape index (κ2) is 9.25. The molecule has 0 saturated heterocycles. The molecule has 1 N–H and O–H groups in total. The predicted octanol–water partition coefficient (Wildman–Crippen LogP) is 4.56. The summed E-state index contributed by atoms with van der Waals surface area (Å²) >= 11 is 5.88. The fourth-order valence-corrected chi connectivity index (χ4v) is 2.23. The lowest BCUT2D eigenvalue weighted by atomic mass is 10.2. The second-order valence-corrected chi connectivity index (χ2v) is 6.71. The maximum atomic E-state index is 12.2. The summed E-state index contributed by atoms with van der Waals surface area (Å²) in [4.78, 5) is 24.3. The maximum absolute atomic E-state index is 12.2. The first-order valence-electron chi connectivity index (χ1n) is 8.35. The first-order valence-corrected chi connectivity index (χ1v) is 8.73. The first kappa shape index (κ1) is 19.8. The Labute approximate surface area is 158 Å². The van der Waals surface area contributed by atoms with Crippen molar-refractivity contribution in [1.29, 1.82) is 0 Å². The molecule has 0 fully saturated rings. The van der Waals surface area contributed by atoms with E-state index in [-0.39, 0.29) is 0 Å². The highest BCUT2D eigenvalue weighted by molar-refractivity contribution is 6.30. The van der Waals surface area contributed by atoms with E-state index in [0.717, 1.165) is 0 Å². The van der Waals surface area contributed by atoms with Crippen molar-refractivity contribution in [3.63, 3.8) is 0 Å². The van der Waals surface area contributed by atoms with Gasteiger partial charge < -0.3 is 14.8 Å². The van der Waals surface area contributed by atoms with Crippen LogP contribution in [0.25, 0.3) is 0 Å². The van der Waals surface area contributed by atoms with Crippen LogP contribution in [0.15, 0.2) is 48.5 Å². The Kier molecular flexibility index (Phi) is 7.04. The lowest BCUT2D eigenvalue weighted by Gasteiger charge is -2.14. The van der Waals surface area contributed by atoms with Gasteiger partial charge >= 0.3 is 5.97 Å². The Morgan fingerprint density at radius 2 is 1.77 bits per heavy atom. The van der Waals surface area contributed by atoms with Gasteiger partial charge in [0.1, 0.15) is 5.75 Å². The average Bonchev–Trinajstić information content (AvgIpc) is 2.60. The minimum atomic E-state index is -0.946. The summed E-state index contributed by atoms with van der Waals surface area (Å²) < 4.78 is 10.8. The summed E-state index contributed by atoms with van der Waals surface area (Å²) in [5.41, 5.74) is 0.890. The molecule has 0 heterocycles. The number of carbonyl (C=O) groups excluding carboxylic acids is 2. The van der Waals surface area contributed by atoms with Gasteiger partial charge in [0.25, 0.3) is 5.91 Å². The monoisotopic (exact) mass is 375 g/mol. The van der Waals surface area contributed by atoms with Gasteiger partial charge in [0.15, 0.2) is 6.10 Å². The molecule has 0 unspecified atom stereocenters. The Morgan fingerprint density at radius 1 is 1.08 bits per heavy atom. The molecule has 2 aromatic carbocycles. The standard InChI is InChI=1S/C20H22ClNO4/c1-13(2)12-25-18-9-7-15(8-10-18)20(24)26-14(3)19(23)22-17-6-4-5-16(21)11-17/h4-11,13-14H,12H2,1-3H3,(H,22,23)/t14-/m1/s1. The zero-order valence-electron chi connectivity index (χ0n) is 15.0. The molecule has 0 saturated carbocycles. The van der Waals surface area contributed by atoms with Gasteiger partial charge in [0.05, 0.1) is 12.2 Å². The van der Waals surface area contributed by atoms with Crippen LogP contribution in [0.1, 0.15) is 31.1 Å². The number of carbonyl (C=O) groups is 2. The largest absolute Gasteiger partial charge is 0.493 e. The summed E-state index contributed by atoms with van der Waals surface area (Å²) in [5, 5.41) is 3.16. The van der Waals surface area contributed by atoms with Gasteiger partial charge in [-0.2, -0.15) is 0 Å². The van der Waals surface area contributed by atoms with Crippen LogP contribution in [-0.4, -0.2) is 24.6 Å². The summed E-state index contributed by atoms with van der Waals surface area (Å²) in [6.07, 6.45) is -0.946. The van der Waals surface area contributed by atoms with Crippen molar-refractivity contribution >= 4 is 29.2 Å². The molecule has 5 nitrogen and oxygen atoms in total. The van der Waals surface area contributed by atoms with Gasteiger partial charge in [-0.05, 0) is 55.3 Å². The number of esters is 1. The third-order valence-corrected chi connectivity index (χ3v) is 3.65. The molecule has 0 aliphatic rings. The Hall–Kier alpha value is -2.53. The quantitative estimate of drug-likeness (QED) is 0.720. The molecule has 0 aliphatic carbocycles. The number of halogens is 1. The Morgan fingerprint density at radius 3 is 2.38 bits per heavy atom. The van der Waals surface area contributed by atoms with Gasteiger partial charge in [-0.25, -0.2) is 4.79 Å². The fraction of sp³-hybridized carbons (Fsp3) is 0.300. The van der Waals surface area contributed by atoms with Crippen LogP contribution in [0.2, 0.25) is 5.02 Å². The maximum Gasteiger partial charge on any atom is 0.338 e. The summed E-state index contributed by atoms with van der Waals surface area (Å²) in [7, 11) is 0. The third kappa shape index (κ3) is 6.08. The van der Waals surface area contributed by atoms with Crippen molar-refractivity contribution < 1.29 is 19.1 Å². The molecule has 0 aromatic heterocycles. The predicted molar refractivity (Wildman–Crippen MR) is 102 cm³/mol. The SMILES string of the molecule is CC(C)COc1ccc(C(=O)O[C@H](C)C(=O)Nc2cccc(Cl)c2)cc1. The molecular weight excluding hydrogens is 354 g/mol. The molecule has 1 atom stereocenters. The summed E-state index contributed by atoms with van der Waals surface area (Å²) in [6.45, 7) is 6.23. The van der Waals surface area contributed by atoms with Crippen LogP contribution in [0, 0.1) is 5.92 Å². The lowest BCUT2D eigenvalue weighted by molar-refractivity contribution is -0.123. The van der Waals surface area contributed by atoms with E-state index in [4.69, 9.17) is 21.1 Å². The number of hydrogen-bond donors (Lipinski definition) is 1. The highest BCUT2D eigenvalue weighted by Gasteiger charge is 2.19. The topological polar surface area (TPSA) is 64.6 Å². The molecule has 1 amide bonds. The summed E-state index contributed by atoms with van der Waals surface area (Å²) in [6, 6.07) is 13.4. The van der Waals surface area contributed by atoms with Gasteiger partial charge in [-0.15, -0.1) is 0 Å².